The van der Waals surface area contributed by atoms with Gasteiger partial charge in [-0.3, -0.25) is 0 Å². The van der Waals surface area contributed by atoms with Gasteiger partial charge in [-0.15, -0.1) is 0 Å². The molecular formula is C27H26FNO8. The lowest BCUT2D eigenvalue weighted by Gasteiger charge is -2.09. The van der Waals surface area contributed by atoms with Crippen molar-refractivity contribution in [3.8, 4) is 17.6 Å². The zero-order valence-electron chi connectivity index (χ0n) is 20.2. The number of ether oxygens (including phenoxy) is 5. The van der Waals surface area contributed by atoms with Gasteiger partial charge in [0, 0.05) is 23.3 Å². The van der Waals surface area contributed by atoms with Crippen LogP contribution in [0.2, 0.25) is 0 Å². The minimum Gasteiger partial charge on any atom is -0.491 e. The largest absolute Gasteiger partial charge is 0.491 e. The fourth-order valence-corrected chi connectivity index (χ4v) is 2.60. The number of benzene rings is 2. The molecule has 0 bridgehead atoms. The summed E-state index contributed by atoms with van der Waals surface area (Å²) in [6.45, 7) is 5.85. The lowest BCUT2D eigenvalue weighted by Crippen LogP contribution is -2.14. The third kappa shape index (κ3) is 10.8. The van der Waals surface area contributed by atoms with Crippen molar-refractivity contribution in [1.29, 1.82) is 5.26 Å². The minimum atomic E-state index is -0.702. The van der Waals surface area contributed by atoms with Crippen LogP contribution in [0.4, 0.5) is 4.39 Å². The maximum Gasteiger partial charge on any atom is 0.343 e. The van der Waals surface area contributed by atoms with Gasteiger partial charge in [-0.1, -0.05) is 6.58 Å². The molecule has 0 aromatic heterocycles. The summed E-state index contributed by atoms with van der Waals surface area (Å²) < 4.78 is 40.0. The van der Waals surface area contributed by atoms with E-state index in [1.165, 1.54) is 30.3 Å². The van der Waals surface area contributed by atoms with E-state index in [0.29, 0.717) is 11.3 Å². The Labute approximate surface area is 213 Å². The number of nitrogens with zero attached hydrogens (tertiary/aromatic N) is 1. The second-order valence-electron chi connectivity index (χ2n) is 7.38. The molecule has 0 radical (unpaired) electrons. The molecule has 0 fully saturated rings. The highest BCUT2D eigenvalue weighted by Crippen LogP contribution is 2.20. The predicted molar refractivity (Wildman–Crippen MR) is 130 cm³/mol. The van der Waals surface area contributed by atoms with Crippen LogP contribution in [0.5, 0.6) is 11.5 Å². The van der Waals surface area contributed by atoms with Gasteiger partial charge in [0.1, 0.15) is 37.1 Å². The monoisotopic (exact) mass is 511 g/mol. The standard InChI is InChI=1S/C27H26FNO8/c1-19(2)26(31)36-17-15-33-14-16-34-22-8-5-21(6-9-22)27(32)37-23-10-4-20(24(28)18-23)7-11-25(30)35-13-3-12-29/h4-11,18H,1,3,13-17H2,2H3/b11-7+. The highest BCUT2D eigenvalue weighted by atomic mass is 19.1. The highest BCUT2D eigenvalue weighted by Gasteiger charge is 2.11. The van der Waals surface area contributed by atoms with Gasteiger partial charge in [-0.2, -0.15) is 5.26 Å². The van der Waals surface area contributed by atoms with Gasteiger partial charge in [0.2, 0.25) is 0 Å². The van der Waals surface area contributed by atoms with Crippen LogP contribution in [0.1, 0.15) is 29.3 Å². The van der Waals surface area contributed by atoms with Crippen LogP contribution in [0.3, 0.4) is 0 Å². The minimum absolute atomic E-state index is 0.0114. The smallest absolute Gasteiger partial charge is 0.343 e. The Hall–Kier alpha value is -4.49. The van der Waals surface area contributed by atoms with Crippen LogP contribution < -0.4 is 9.47 Å². The Morgan fingerprint density at radius 1 is 0.973 bits per heavy atom. The number of carbonyl (C=O) groups excluding carboxylic acids is 3. The van der Waals surface area contributed by atoms with E-state index in [0.717, 1.165) is 12.1 Å². The second kappa shape index (κ2) is 15.5. The van der Waals surface area contributed by atoms with Crippen LogP contribution >= 0.6 is 0 Å². The van der Waals surface area contributed by atoms with Crippen LogP contribution in [0, 0.1) is 17.1 Å². The summed E-state index contributed by atoms with van der Waals surface area (Å²) in [7, 11) is 0. The zero-order chi connectivity index (χ0) is 27.0. The van der Waals surface area contributed by atoms with E-state index in [1.54, 1.807) is 19.1 Å². The highest BCUT2D eigenvalue weighted by molar-refractivity contribution is 5.91. The number of halogens is 1. The summed E-state index contributed by atoms with van der Waals surface area (Å²) in [6, 6.07) is 11.8. The van der Waals surface area contributed by atoms with E-state index in [1.807, 2.05) is 6.07 Å². The number of nitriles is 1. The molecule has 194 valence electrons. The summed E-state index contributed by atoms with van der Waals surface area (Å²) in [5.74, 6) is -2.08. The van der Waals surface area contributed by atoms with E-state index in [2.05, 4.69) is 6.58 Å². The second-order valence-corrected chi connectivity index (χ2v) is 7.38. The van der Waals surface area contributed by atoms with Gasteiger partial charge in [-0.25, -0.2) is 18.8 Å². The summed E-state index contributed by atoms with van der Waals surface area (Å²) in [5, 5.41) is 8.41. The van der Waals surface area contributed by atoms with Gasteiger partial charge >= 0.3 is 17.9 Å². The number of hydrogen-bond acceptors (Lipinski definition) is 9. The van der Waals surface area contributed by atoms with E-state index in [-0.39, 0.29) is 56.3 Å². The molecule has 37 heavy (non-hydrogen) atoms. The molecular weight excluding hydrogens is 485 g/mol. The first-order chi connectivity index (χ1) is 17.8. The SMILES string of the molecule is C=C(C)C(=O)OCCOCCOc1ccc(C(=O)Oc2ccc(/C=C/C(=O)OCCC#N)c(F)c2)cc1. The summed E-state index contributed by atoms with van der Waals surface area (Å²) in [6.07, 6.45) is 2.33. The van der Waals surface area contributed by atoms with Gasteiger partial charge < -0.3 is 23.7 Å². The Morgan fingerprint density at radius 2 is 1.68 bits per heavy atom. The zero-order valence-corrected chi connectivity index (χ0v) is 20.2. The maximum absolute atomic E-state index is 14.3. The van der Waals surface area contributed by atoms with Crippen LogP contribution in [-0.2, 0) is 23.8 Å². The van der Waals surface area contributed by atoms with Crippen molar-refractivity contribution >= 4 is 24.0 Å². The van der Waals surface area contributed by atoms with Gasteiger partial charge in [0.25, 0.3) is 0 Å². The molecule has 9 nitrogen and oxygen atoms in total. The van der Waals surface area contributed by atoms with E-state index >= 15 is 0 Å². The average Bonchev–Trinajstić information content (AvgIpc) is 2.88. The Bertz CT molecular complexity index is 1170. The number of esters is 3. The summed E-state index contributed by atoms with van der Waals surface area (Å²) >= 11 is 0. The molecule has 0 atom stereocenters. The molecule has 0 unspecified atom stereocenters. The molecule has 0 aliphatic rings. The quantitative estimate of drug-likeness (QED) is 0.160. The molecule has 0 saturated carbocycles. The van der Waals surface area contributed by atoms with Crippen molar-refractivity contribution in [3.63, 3.8) is 0 Å². The number of carbonyl (C=O) groups is 3. The van der Waals surface area contributed by atoms with Crippen LogP contribution in [0.25, 0.3) is 6.08 Å². The molecule has 2 rings (SSSR count). The number of hydrogen-bond donors (Lipinski definition) is 0. The Balaban J connectivity index is 1.76. The molecule has 0 aliphatic heterocycles. The number of rotatable bonds is 14. The van der Waals surface area contributed by atoms with Crippen LogP contribution in [-0.4, -0.2) is 50.9 Å². The molecule has 2 aromatic rings. The van der Waals surface area contributed by atoms with Crippen molar-refractivity contribution in [1.82, 2.24) is 0 Å². The predicted octanol–water partition coefficient (Wildman–Crippen LogP) is 4.03. The van der Waals surface area contributed by atoms with E-state index < -0.39 is 23.7 Å². The van der Waals surface area contributed by atoms with Crippen molar-refractivity contribution in [3.05, 3.63) is 77.6 Å². The maximum atomic E-state index is 14.3. The van der Waals surface area contributed by atoms with Gasteiger partial charge in [-0.05, 0) is 49.4 Å². The van der Waals surface area contributed by atoms with Crippen molar-refractivity contribution in [2.45, 2.75) is 13.3 Å². The Morgan fingerprint density at radius 3 is 2.35 bits per heavy atom. The summed E-state index contributed by atoms with van der Waals surface area (Å²) in [5.41, 5.74) is 0.641. The topological polar surface area (TPSA) is 121 Å². The molecule has 0 heterocycles. The Kier molecular flexibility index (Phi) is 12.0. The van der Waals surface area contributed by atoms with E-state index in [4.69, 9.17) is 28.9 Å². The first-order valence-corrected chi connectivity index (χ1v) is 11.2. The first-order valence-electron chi connectivity index (χ1n) is 11.2. The molecule has 0 saturated heterocycles. The van der Waals surface area contributed by atoms with Crippen molar-refractivity contribution in [2.24, 2.45) is 0 Å². The molecule has 0 aliphatic carbocycles. The molecule has 2 aromatic carbocycles. The molecule has 0 N–H and O–H groups in total. The lowest BCUT2D eigenvalue weighted by atomic mass is 10.2. The van der Waals surface area contributed by atoms with Gasteiger partial charge in [0.05, 0.1) is 31.3 Å². The lowest BCUT2D eigenvalue weighted by molar-refractivity contribution is -0.140. The normalized spacial score (nSPS) is 10.4. The first kappa shape index (κ1) is 28.7. The molecule has 0 spiro atoms. The van der Waals surface area contributed by atoms with E-state index in [9.17, 15) is 18.8 Å². The van der Waals surface area contributed by atoms with Crippen molar-refractivity contribution in [2.75, 3.05) is 33.0 Å². The average molecular weight is 512 g/mol. The third-order valence-electron chi connectivity index (χ3n) is 4.44. The molecule has 10 heteroatoms. The molecule has 0 amide bonds. The van der Waals surface area contributed by atoms with Crippen molar-refractivity contribution < 1.29 is 42.5 Å². The summed E-state index contributed by atoms with van der Waals surface area (Å²) in [4.78, 5) is 35.1. The third-order valence-corrected chi connectivity index (χ3v) is 4.44. The van der Waals surface area contributed by atoms with Crippen LogP contribution in [0.15, 0.2) is 60.7 Å². The fourth-order valence-electron chi connectivity index (χ4n) is 2.60. The fraction of sp³-hybridized carbons (Fsp3) is 0.259. The van der Waals surface area contributed by atoms with Gasteiger partial charge in [0.15, 0.2) is 0 Å².